The molecule has 0 fully saturated rings. The van der Waals surface area contributed by atoms with Crippen molar-refractivity contribution in [3.05, 3.63) is 68.6 Å². The molecule has 2 rings (SSSR count). The van der Waals surface area contributed by atoms with Gasteiger partial charge in [-0.05, 0) is 75.2 Å². The first kappa shape index (κ1) is 24.4. The second-order valence-electron chi connectivity index (χ2n) is 7.51. The van der Waals surface area contributed by atoms with E-state index in [1.807, 2.05) is 58.9 Å². The molecule has 0 saturated carbocycles. The maximum absolute atomic E-state index is 11.5. The fourth-order valence-electron chi connectivity index (χ4n) is 1.83. The van der Waals surface area contributed by atoms with Crippen LogP contribution in [-0.2, 0) is 9.47 Å². The van der Waals surface area contributed by atoms with E-state index in [4.69, 9.17) is 9.47 Å². The zero-order chi connectivity index (χ0) is 21.3. The van der Waals surface area contributed by atoms with Gasteiger partial charge in [0.15, 0.2) is 0 Å². The molecule has 28 heavy (non-hydrogen) atoms. The van der Waals surface area contributed by atoms with E-state index in [1.54, 1.807) is 24.3 Å². The minimum Gasteiger partial charge on any atom is -0.462 e. The first-order valence-corrected chi connectivity index (χ1v) is 10.5. The van der Waals surface area contributed by atoms with Gasteiger partial charge in [0.2, 0.25) is 0 Å². The second-order valence-corrected chi connectivity index (χ2v) is 9.34. The molecular weight excluding hydrogens is 488 g/mol. The Kier molecular flexibility index (Phi) is 9.90. The van der Waals surface area contributed by atoms with E-state index in [-0.39, 0.29) is 11.9 Å². The molecule has 0 aliphatic rings. The van der Waals surface area contributed by atoms with Crippen molar-refractivity contribution in [3.63, 3.8) is 0 Å². The van der Waals surface area contributed by atoms with Crippen molar-refractivity contribution in [3.8, 4) is 0 Å². The zero-order valence-corrected chi connectivity index (χ0v) is 20.0. The Morgan fingerprint density at radius 1 is 0.821 bits per heavy atom. The minimum atomic E-state index is -0.440. The topological polar surface area (TPSA) is 52.6 Å². The maximum Gasteiger partial charge on any atom is 0.338 e. The average Bonchev–Trinajstić information content (AvgIpc) is 2.60. The van der Waals surface area contributed by atoms with Crippen LogP contribution in [0.4, 0.5) is 0 Å². The van der Waals surface area contributed by atoms with Gasteiger partial charge in [-0.3, -0.25) is 0 Å². The number of halogens is 2. The summed E-state index contributed by atoms with van der Waals surface area (Å²) in [5.74, 6) is -0.175. The Bertz CT molecular complexity index is 761. The van der Waals surface area contributed by atoms with Gasteiger partial charge in [-0.2, -0.15) is 0 Å². The summed E-state index contributed by atoms with van der Waals surface area (Å²) in [5, 5.41) is 0. The summed E-state index contributed by atoms with van der Waals surface area (Å²) >= 11 is 6.61. The molecule has 0 aliphatic heterocycles. The van der Waals surface area contributed by atoms with Gasteiger partial charge in [0.05, 0.1) is 17.7 Å². The van der Waals surface area contributed by atoms with Crippen LogP contribution in [0.1, 0.15) is 55.3 Å². The molecule has 4 nitrogen and oxygen atoms in total. The summed E-state index contributed by atoms with van der Waals surface area (Å²) < 4.78 is 12.2. The molecule has 2 aromatic rings. The Morgan fingerprint density at radius 3 is 1.57 bits per heavy atom. The molecule has 152 valence electrons. The quantitative estimate of drug-likeness (QED) is 0.428. The smallest absolute Gasteiger partial charge is 0.338 e. The fourth-order valence-corrected chi connectivity index (χ4v) is 2.36. The first-order chi connectivity index (χ1) is 13.0. The summed E-state index contributed by atoms with van der Waals surface area (Å²) in [7, 11) is 0. The average molecular weight is 514 g/mol. The summed E-state index contributed by atoms with van der Waals surface area (Å²) in [4.78, 5) is 23.0. The highest BCUT2D eigenvalue weighted by Crippen LogP contribution is 2.15. The van der Waals surface area contributed by atoms with Crippen LogP contribution in [0.15, 0.2) is 57.5 Å². The van der Waals surface area contributed by atoms with Gasteiger partial charge in [-0.15, -0.1) is 0 Å². The van der Waals surface area contributed by atoms with Gasteiger partial charge < -0.3 is 9.47 Å². The van der Waals surface area contributed by atoms with E-state index in [1.165, 1.54) is 0 Å². The third kappa shape index (κ3) is 10.0. The van der Waals surface area contributed by atoms with Crippen molar-refractivity contribution in [2.45, 2.75) is 40.2 Å². The number of benzene rings is 2. The maximum atomic E-state index is 11.5. The summed E-state index contributed by atoms with van der Waals surface area (Å²) in [5.41, 5.74) is 0.724. The predicted molar refractivity (Wildman–Crippen MR) is 119 cm³/mol. The van der Waals surface area contributed by atoms with Crippen molar-refractivity contribution in [2.24, 2.45) is 5.92 Å². The molecule has 0 atom stereocenters. The van der Waals surface area contributed by atoms with Crippen molar-refractivity contribution in [1.82, 2.24) is 0 Å². The Labute approximate surface area is 183 Å². The van der Waals surface area contributed by atoms with Crippen LogP contribution in [0.3, 0.4) is 0 Å². The third-order valence-corrected chi connectivity index (χ3v) is 4.16. The van der Waals surface area contributed by atoms with E-state index >= 15 is 0 Å². The normalized spacial score (nSPS) is 10.7. The van der Waals surface area contributed by atoms with Crippen LogP contribution >= 0.6 is 31.9 Å². The van der Waals surface area contributed by atoms with E-state index in [9.17, 15) is 9.59 Å². The molecule has 0 spiro atoms. The molecule has 0 amide bonds. The predicted octanol–water partition coefficient (Wildman–Crippen LogP) is 6.67. The van der Waals surface area contributed by atoms with Crippen molar-refractivity contribution in [1.29, 1.82) is 0 Å². The van der Waals surface area contributed by atoms with Crippen LogP contribution in [0.5, 0.6) is 0 Å². The Balaban J connectivity index is 0.000000280. The number of rotatable bonds is 4. The number of esters is 2. The Morgan fingerprint density at radius 2 is 1.21 bits per heavy atom. The molecule has 2 aromatic carbocycles. The molecule has 0 radical (unpaired) electrons. The summed E-state index contributed by atoms with van der Waals surface area (Å²) in [6.07, 6.45) is 0. The molecule has 6 heteroatoms. The van der Waals surface area contributed by atoms with Gasteiger partial charge in [0.25, 0.3) is 0 Å². The van der Waals surface area contributed by atoms with Gasteiger partial charge in [-0.1, -0.05) is 45.7 Å². The number of carbonyl (C=O) groups is 2. The monoisotopic (exact) mass is 512 g/mol. The van der Waals surface area contributed by atoms with E-state index in [0.29, 0.717) is 23.7 Å². The van der Waals surface area contributed by atoms with Crippen molar-refractivity contribution < 1.29 is 19.1 Å². The van der Waals surface area contributed by atoms with E-state index in [2.05, 4.69) is 31.9 Å². The molecule has 0 N–H and O–H groups in total. The van der Waals surface area contributed by atoms with Crippen LogP contribution in [0, 0.1) is 5.92 Å². The van der Waals surface area contributed by atoms with Gasteiger partial charge in [-0.25, -0.2) is 9.59 Å². The minimum absolute atomic E-state index is 0.258. The standard InChI is InChI=1S/2C11H13BrO2/c1-11(2,3)14-10(13)8-4-6-9(12)7-5-8;1-8(2)7-14-11(13)9-3-5-10(12)6-4-9/h4-7H,1-3H3;3-6,8H,7H2,1-2H3. The highest BCUT2D eigenvalue weighted by atomic mass is 79.9. The number of hydrogen-bond donors (Lipinski definition) is 0. The molecular formula is C22H26Br2O4. The van der Waals surface area contributed by atoms with Crippen LogP contribution < -0.4 is 0 Å². The van der Waals surface area contributed by atoms with Gasteiger partial charge in [0.1, 0.15) is 5.60 Å². The molecule has 0 aromatic heterocycles. The van der Waals surface area contributed by atoms with Gasteiger partial charge >= 0.3 is 11.9 Å². The zero-order valence-electron chi connectivity index (χ0n) is 16.8. The third-order valence-electron chi connectivity index (χ3n) is 3.11. The molecule has 0 bridgehead atoms. The number of hydrogen-bond acceptors (Lipinski definition) is 4. The van der Waals surface area contributed by atoms with Crippen molar-refractivity contribution in [2.75, 3.05) is 6.61 Å². The fraction of sp³-hybridized carbons (Fsp3) is 0.364. The second kappa shape index (κ2) is 11.4. The molecule has 0 aliphatic carbocycles. The highest BCUT2D eigenvalue weighted by molar-refractivity contribution is 9.10. The van der Waals surface area contributed by atoms with Gasteiger partial charge in [0, 0.05) is 8.95 Å². The Hall–Kier alpha value is -1.66. The van der Waals surface area contributed by atoms with E-state index < -0.39 is 5.60 Å². The largest absolute Gasteiger partial charge is 0.462 e. The first-order valence-electron chi connectivity index (χ1n) is 8.89. The van der Waals surface area contributed by atoms with E-state index in [0.717, 1.165) is 8.95 Å². The number of carbonyl (C=O) groups excluding carboxylic acids is 2. The van der Waals surface area contributed by atoms with Crippen LogP contribution in [-0.4, -0.2) is 24.1 Å². The lowest BCUT2D eigenvalue weighted by Crippen LogP contribution is -2.23. The lowest BCUT2D eigenvalue weighted by atomic mass is 10.2. The highest BCUT2D eigenvalue weighted by Gasteiger charge is 2.17. The summed E-state index contributed by atoms with van der Waals surface area (Å²) in [6, 6.07) is 14.2. The van der Waals surface area contributed by atoms with Crippen LogP contribution in [0.25, 0.3) is 0 Å². The molecule has 0 unspecified atom stereocenters. The lowest BCUT2D eigenvalue weighted by Gasteiger charge is -2.19. The lowest BCUT2D eigenvalue weighted by molar-refractivity contribution is 0.00692. The number of ether oxygens (including phenoxy) is 2. The summed E-state index contributed by atoms with van der Waals surface area (Å²) in [6.45, 7) is 10.0. The van der Waals surface area contributed by atoms with Crippen LogP contribution in [0.2, 0.25) is 0 Å². The SMILES string of the molecule is CC(C)(C)OC(=O)c1ccc(Br)cc1.CC(C)COC(=O)c1ccc(Br)cc1. The van der Waals surface area contributed by atoms with Crippen molar-refractivity contribution >= 4 is 43.8 Å². The molecule has 0 saturated heterocycles. The molecule has 0 heterocycles.